The number of ether oxygens (including phenoxy) is 2. The van der Waals surface area contributed by atoms with Gasteiger partial charge in [0.25, 0.3) is 5.91 Å². The summed E-state index contributed by atoms with van der Waals surface area (Å²) in [7, 11) is 3.14. The molecule has 0 unspecified atom stereocenters. The second-order valence-electron chi connectivity index (χ2n) is 8.28. The van der Waals surface area contributed by atoms with Gasteiger partial charge in [-0.1, -0.05) is 0 Å². The number of methoxy groups -OCH3 is 2. The number of aryl methyl sites for hydroxylation is 3. The maximum Gasteiger partial charge on any atom is 0.256 e. The molecule has 4 rings (SSSR count). The number of carbonyl (C=O) groups is 1. The largest absolute Gasteiger partial charge is 0.493 e. The van der Waals surface area contributed by atoms with Gasteiger partial charge in [0.05, 0.1) is 37.1 Å². The topological polar surface area (TPSA) is 91.4 Å². The second kappa shape index (κ2) is 8.61. The molecule has 0 saturated heterocycles. The van der Waals surface area contributed by atoms with Gasteiger partial charge in [-0.2, -0.15) is 5.10 Å². The molecule has 3 heterocycles. The number of amides is 1. The van der Waals surface area contributed by atoms with Crippen molar-refractivity contribution in [3.63, 3.8) is 0 Å². The third-order valence-corrected chi connectivity index (χ3v) is 5.60. The van der Waals surface area contributed by atoms with E-state index in [0.29, 0.717) is 39.5 Å². The van der Waals surface area contributed by atoms with Crippen LogP contribution < -0.4 is 14.8 Å². The van der Waals surface area contributed by atoms with Gasteiger partial charge in [0.1, 0.15) is 11.5 Å². The third-order valence-electron chi connectivity index (χ3n) is 5.60. The Bertz CT molecular complexity index is 1350. The number of hydrogen-bond acceptors (Lipinski definition) is 6. The van der Waals surface area contributed by atoms with Gasteiger partial charge in [0.2, 0.25) is 0 Å². The number of carbonyl (C=O) groups excluding carboxylic acids is 1. The first-order chi connectivity index (χ1) is 15.7. The van der Waals surface area contributed by atoms with Crippen LogP contribution in [-0.2, 0) is 0 Å². The van der Waals surface area contributed by atoms with Gasteiger partial charge in [-0.3, -0.25) is 4.79 Å². The number of hydrogen-bond donors (Lipinski definition) is 1. The quantitative estimate of drug-likeness (QED) is 0.421. The fourth-order valence-electron chi connectivity index (χ4n) is 3.91. The first kappa shape index (κ1) is 22.4. The van der Waals surface area contributed by atoms with Crippen molar-refractivity contribution >= 4 is 22.6 Å². The van der Waals surface area contributed by atoms with Crippen LogP contribution >= 0.6 is 0 Å². The molecule has 4 aromatic rings. The van der Waals surface area contributed by atoms with Crippen molar-refractivity contribution in [3.05, 3.63) is 53.1 Å². The molecule has 3 aromatic heterocycles. The highest BCUT2D eigenvalue weighted by Crippen LogP contribution is 2.34. The Kier molecular flexibility index (Phi) is 5.84. The molecule has 1 amide bonds. The molecule has 0 saturated carbocycles. The van der Waals surface area contributed by atoms with E-state index in [9.17, 15) is 4.79 Å². The minimum Gasteiger partial charge on any atom is -0.493 e. The standard InChI is InChI=1S/C25H28N4O4/c1-13(2)29-24-19(12-26-29)18(10-21(27-24)17-9-15(4)33-16(17)5)25(30)28-20-11-23(32-7)22(31-6)8-14(20)3/h8-13H,1-7H3,(H,28,30). The van der Waals surface area contributed by atoms with Gasteiger partial charge in [-0.05, 0) is 58.4 Å². The maximum absolute atomic E-state index is 13.5. The summed E-state index contributed by atoms with van der Waals surface area (Å²) in [5.74, 6) is 2.41. The fraction of sp³-hybridized carbons (Fsp3) is 0.320. The molecule has 1 aromatic carbocycles. The van der Waals surface area contributed by atoms with Crippen LogP contribution in [0.2, 0.25) is 0 Å². The average molecular weight is 449 g/mol. The molecule has 0 aliphatic rings. The summed E-state index contributed by atoms with van der Waals surface area (Å²) in [5.41, 5.74) is 4.13. The maximum atomic E-state index is 13.5. The molecular formula is C25H28N4O4. The number of anilines is 1. The number of rotatable bonds is 6. The number of furan rings is 1. The summed E-state index contributed by atoms with van der Waals surface area (Å²) in [6.07, 6.45) is 1.69. The van der Waals surface area contributed by atoms with Crippen LogP contribution in [0.5, 0.6) is 11.5 Å². The van der Waals surface area contributed by atoms with Gasteiger partial charge in [0, 0.05) is 23.4 Å². The molecular weight excluding hydrogens is 420 g/mol. The highest BCUT2D eigenvalue weighted by Gasteiger charge is 2.21. The summed E-state index contributed by atoms with van der Waals surface area (Å²) in [6, 6.07) is 7.39. The highest BCUT2D eigenvalue weighted by molar-refractivity contribution is 6.13. The first-order valence-corrected chi connectivity index (χ1v) is 10.7. The lowest BCUT2D eigenvalue weighted by Crippen LogP contribution is -2.14. The van der Waals surface area contributed by atoms with Gasteiger partial charge in [0.15, 0.2) is 17.1 Å². The van der Waals surface area contributed by atoms with Crippen molar-refractivity contribution in [2.45, 2.75) is 40.7 Å². The Morgan fingerprint density at radius 2 is 1.76 bits per heavy atom. The molecule has 0 bridgehead atoms. The van der Waals surface area contributed by atoms with Crippen LogP contribution in [0.1, 0.15) is 47.3 Å². The zero-order valence-electron chi connectivity index (χ0n) is 19.9. The SMILES string of the molecule is COc1cc(C)c(NC(=O)c2cc(-c3cc(C)oc3C)nc3c2cnn3C(C)C)cc1OC. The van der Waals surface area contributed by atoms with Crippen molar-refractivity contribution in [2.75, 3.05) is 19.5 Å². The van der Waals surface area contributed by atoms with Crippen LogP contribution in [0.25, 0.3) is 22.3 Å². The molecule has 8 nitrogen and oxygen atoms in total. The van der Waals surface area contributed by atoms with E-state index in [1.165, 1.54) is 0 Å². The monoisotopic (exact) mass is 448 g/mol. The summed E-state index contributed by atoms with van der Waals surface area (Å²) < 4.78 is 18.3. The molecule has 0 aliphatic carbocycles. The van der Waals surface area contributed by atoms with Crippen LogP contribution in [0.15, 0.2) is 34.9 Å². The number of nitrogens with zero attached hydrogens (tertiary/aromatic N) is 3. The predicted molar refractivity (Wildman–Crippen MR) is 127 cm³/mol. The lowest BCUT2D eigenvalue weighted by Gasteiger charge is -2.14. The number of benzene rings is 1. The van der Waals surface area contributed by atoms with Crippen molar-refractivity contribution in [1.29, 1.82) is 0 Å². The van der Waals surface area contributed by atoms with E-state index in [-0.39, 0.29) is 11.9 Å². The van der Waals surface area contributed by atoms with E-state index in [0.717, 1.165) is 22.6 Å². The van der Waals surface area contributed by atoms with E-state index in [1.807, 2.05) is 51.4 Å². The van der Waals surface area contributed by atoms with Crippen molar-refractivity contribution in [3.8, 4) is 22.8 Å². The summed E-state index contributed by atoms with van der Waals surface area (Å²) >= 11 is 0. The van der Waals surface area contributed by atoms with Gasteiger partial charge in [-0.15, -0.1) is 0 Å². The lowest BCUT2D eigenvalue weighted by molar-refractivity contribution is 0.102. The minimum atomic E-state index is -0.264. The Hall–Kier alpha value is -3.81. The second-order valence-corrected chi connectivity index (χ2v) is 8.28. The molecule has 0 atom stereocenters. The molecule has 172 valence electrons. The normalized spacial score (nSPS) is 11.3. The number of pyridine rings is 1. The Morgan fingerprint density at radius 3 is 2.36 bits per heavy atom. The van der Waals surface area contributed by atoms with Crippen molar-refractivity contribution < 1.29 is 18.7 Å². The molecule has 33 heavy (non-hydrogen) atoms. The number of nitrogens with one attached hydrogen (secondary N) is 1. The molecule has 8 heteroatoms. The first-order valence-electron chi connectivity index (χ1n) is 10.7. The van der Waals surface area contributed by atoms with Gasteiger partial charge < -0.3 is 19.2 Å². The number of fused-ring (bicyclic) bond motifs is 1. The van der Waals surface area contributed by atoms with Crippen LogP contribution in [0, 0.1) is 20.8 Å². The van der Waals surface area contributed by atoms with E-state index in [4.69, 9.17) is 18.9 Å². The van der Waals surface area contributed by atoms with Gasteiger partial charge in [-0.25, -0.2) is 9.67 Å². The van der Waals surface area contributed by atoms with Crippen LogP contribution in [0.4, 0.5) is 5.69 Å². The van der Waals surface area contributed by atoms with Gasteiger partial charge >= 0.3 is 0 Å². The Labute approximate surface area is 192 Å². The molecule has 0 spiro atoms. The Morgan fingerprint density at radius 1 is 1.06 bits per heavy atom. The predicted octanol–water partition coefficient (Wildman–Crippen LogP) is 5.47. The molecule has 0 fully saturated rings. The van der Waals surface area contributed by atoms with Crippen LogP contribution in [-0.4, -0.2) is 34.9 Å². The van der Waals surface area contributed by atoms with E-state index < -0.39 is 0 Å². The van der Waals surface area contributed by atoms with E-state index >= 15 is 0 Å². The number of aromatic nitrogens is 3. The molecule has 0 radical (unpaired) electrons. The van der Waals surface area contributed by atoms with Crippen molar-refractivity contribution in [2.24, 2.45) is 0 Å². The zero-order chi connectivity index (χ0) is 23.9. The third kappa shape index (κ3) is 4.04. The molecule has 1 N–H and O–H groups in total. The lowest BCUT2D eigenvalue weighted by atomic mass is 10.1. The van der Waals surface area contributed by atoms with Crippen molar-refractivity contribution in [1.82, 2.24) is 14.8 Å². The smallest absolute Gasteiger partial charge is 0.256 e. The summed E-state index contributed by atoms with van der Waals surface area (Å²) in [5, 5.41) is 8.19. The zero-order valence-corrected chi connectivity index (χ0v) is 19.9. The fourth-order valence-corrected chi connectivity index (χ4v) is 3.91. The minimum absolute atomic E-state index is 0.0847. The van der Waals surface area contributed by atoms with Crippen LogP contribution in [0.3, 0.4) is 0 Å². The molecule has 0 aliphatic heterocycles. The average Bonchev–Trinajstić information content (AvgIpc) is 3.36. The van der Waals surface area contributed by atoms with E-state index in [1.54, 1.807) is 32.5 Å². The van der Waals surface area contributed by atoms with E-state index in [2.05, 4.69) is 10.4 Å². The summed E-state index contributed by atoms with van der Waals surface area (Å²) in [6.45, 7) is 9.74. The summed E-state index contributed by atoms with van der Waals surface area (Å²) in [4.78, 5) is 18.4. The Balaban J connectivity index is 1.84. The highest BCUT2D eigenvalue weighted by atomic mass is 16.5.